The second-order valence-electron chi connectivity index (χ2n) is 3.61. The van der Waals surface area contributed by atoms with Crippen LogP contribution in [0.25, 0.3) is 0 Å². The molecule has 1 aromatic carbocycles. The van der Waals surface area contributed by atoms with Crippen LogP contribution in [0.1, 0.15) is 11.3 Å². The quantitative estimate of drug-likeness (QED) is 0.930. The molecule has 2 aromatic rings. The standard InChI is InChI=1S/C13H9BrClN3/c14-11-4-3-10(6-12(11)15)18-8-9-2-1-5-17-13(9)7-16/h1-6,18H,8H2. The van der Waals surface area contributed by atoms with Gasteiger partial charge in [-0.1, -0.05) is 17.7 Å². The van der Waals surface area contributed by atoms with Crippen LogP contribution in [0.15, 0.2) is 41.0 Å². The van der Waals surface area contributed by atoms with Gasteiger partial charge in [-0.3, -0.25) is 0 Å². The Morgan fingerprint density at radius 2 is 2.22 bits per heavy atom. The first-order chi connectivity index (χ1) is 8.70. The maximum absolute atomic E-state index is 8.93. The highest BCUT2D eigenvalue weighted by molar-refractivity contribution is 9.10. The molecule has 5 heteroatoms. The van der Waals surface area contributed by atoms with E-state index in [1.807, 2.05) is 30.3 Å². The number of nitriles is 1. The van der Waals surface area contributed by atoms with Crippen molar-refractivity contribution in [3.05, 3.63) is 57.3 Å². The Hall–Kier alpha value is -1.57. The molecule has 18 heavy (non-hydrogen) atoms. The molecule has 0 saturated heterocycles. The van der Waals surface area contributed by atoms with Crippen LogP contribution in [0.2, 0.25) is 5.02 Å². The molecule has 0 unspecified atom stereocenters. The third-order valence-electron chi connectivity index (χ3n) is 2.40. The molecular weight excluding hydrogens is 314 g/mol. The topological polar surface area (TPSA) is 48.7 Å². The number of rotatable bonds is 3. The van der Waals surface area contributed by atoms with E-state index in [9.17, 15) is 0 Å². The van der Waals surface area contributed by atoms with Gasteiger partial charge < -0.3 is 5.32 Å². The third-order valence-corrected chi connectivity index (χ3v) is 3.63. The molecule has 0 spiro atoms. The van der Waals surface area contributed by atoms with Gasteiger partial charge in [0.2, 0.25) is 0 Å². The Kier molecular flexibility index (Phi) is 4.19. The van der Waals surface area contributed by atoms with Gasteiger partial charge >= 0.3 is 0 Å². The Labute approximate surface area is 119 Å². The highest BCUT2D eigenvalue weighted by Crippen LogP contribution is 2.25. The van der Waals surface area contributed by atoms with Crippen LogP contribution >= 0.6 is 27.5 Å². The lowest BCUT2D eigenvalue weighted by Gasteiger charge is -2.08. The normalized spacial score (nSPS) is 9.83. The predicted octanol–water partition coefficient (Wildman–Crippen LogP) is 3.98. The summed E-state index contributed by atoms with van der Waals surface area (Å²) < 4.78 is 0.855. The van der Waals surface area contributed by atoms with Crippen molar-refractivity contribution in [2.75, 3.05) is 5.32 Å². The van der Waals surface area contributed by atoms with Crippen LogP contribution in [-0.2, 0) is 6.54 Å². The number of nitrogens with one attached hydrogen (secondary N) is 1. The van der Waals surface area contributed by atoms with Crippen molar-refractivity contribution in [3.63, 3.8) is 0 Å². The van der Waals surface area contributed by atoms with E-state index in [1.54, 1.807) is 6.20 Å². The molecule has 0 bridgehead atoms. The highest BCUT2D eigenvalue weighted by Gasteiger charge is 2.03. The van der Waals surface area contributed by atoms with Crippen molar-refractivity contribution >= 4 is 33.2 Å². The summed E-state index contributed by atoms with van der Waals surface area (Å²) in [5, 5.41) is 12.8. The number of pyridine rings is 1. The second-order valence-corrected chi connectivity index (χ2v) is 4.87. The summed E-state index contributed by atoms with van der Waals surface area (Å²) in [6.07, 6.45) is 1.61. The van der Waals surface area contributed by atoms with Crippen molar-refractivity contribution in [2.45, 2.75) is 6.54 Å². The number of benzene rings is 1. The molecule has 0 atom stereocenters. The minimum atomic E-state index is 0.438. The maximum atomic E-state index is 8.93. The molecule has 3 nitrogen and oxygen atoms in total. The number of anilines is 1. The molecule has 0 amide bonds. The van der Waals surface area contributed by atoms with Crippen molar-refractivity contribution < 1.29 is 0 Å². The van der Waals surface area contributed by atoms with Gasteiger partial charge in [-0.2, -0.15) is 5.26 Å². The van der Waals surface area contributed by atoms with E-state index in [-0.39, 0.29) is 0 Å². The summed E-state index contributed by atoms with van der Waals surface area (Å²) in [7, 11) is 0. The van der Waals surface area contributed by atoms with E-state index in [4.69, 9.17) is 16.9 Å². The minimum absolute atomic E-state index is 0.438. The van der Waals surface area contributed by atoms with Gasteiger partial charge in [-0.15, -0.1) is 0 Å². The second kappa shape index (κ2) is 5.85. The molecule has 2 rings (SSSR count). The third kappa shape index (κ3) is 3.00. The first kappa shape index (κ1) is 12.9. The van der Waals surface area contributed by atoms with Crippen LogP contribution < -0.4 is 5.32 Å². The van der Waals surface area contributed by atoms with Gasteiger partial charge in [0.1, 0.15) is 11.8 Å². The van der Waals surface area contributed by atoms with E-state index in [0.29, 0.717) is 17.3 Å². The molecule has 0 aliphatic heterocycles. The van der Waals surface area contributed by atoms with Gasteiger partial charge in [0.25, 0.3) is 0 Å². The first-order valence-electron chi connectivity index (χ1n) is 5.23. The zero-order valence-corrected chi connectivity index (χ0v) is 11.7. The van der Waals surface area contributed by atoms with Crippen LogP contribution in [0, 0.1) is 11.3 Å². The summed E-state index contributed by atoms with van der Waals surface area (Å²) in [6.45, 7) is 0.536. The fourth-order valence-electron chi connectivity index (χ4n) is 1.49. The van der Waals surface area contributed by atoms with Crippen molar-refractivity contribution in [1.29, 1.82) is 5.26 Å². The maximum Gasteiger partial charge on any atom is 0.145 e. The summed E-state index contributed by atoms with van der Waals surface area (Å²) in [5.74, 6) is 0. The van der Waals surface area contributed by atoms with Crippen LogP contribution in [0.3, 0.4) is 0 Å². The molecule has 1 N–H and O–H groups in total. The van der Waals surface area contributed by atoms with Gasteiger partial charge in [0.05, 0.1) is 5.02 Å². The number of halogens is 2. The fraction of sp³-hybridized carbons (Fsp3) is 0.0769. The molecular formula is C13H9BrClN3. The highest BCUT2D eigenvalue weighted by atomic mass is 79.9. The lowest BCUT2D eigenvalue weighted by molar-refractivity contribution is 1.09. The van der Waals surface area contributed by atoms with Crippen molar-refractivity contribution in [1.82, 2.24) is 4.98 Å². The number of nitrogens with zero attached hydrogens (tertiary/aromatic N) is 2. The van der Waals surface area contributed by atoms with Crippen molar-refractivity contribution in [3.8, 4) is 6.07 Å². The lowest BCUT2D eigenvalue weighted by atomic mass is 10.2. The Morgan fingerprint density at radius 3 is 2.94 bits per heavy atom. The molecule has 0 aliphatic rings. The van der Waals surface area contributed by atoms with E-state index in [0.717, 1.165) is 15.7 Å². The number of hydrogen-bond donors (Lipinski definition) is 1. The Balaban J connectivity index is 2.12. The Bertz CT molecular complexity index is 607. The summed E-state index contributed by atoms with van der Waals surface area (Å²) in [6, 6.07) is 11.4. The SMILES string of the molecule is N#Cc1ncccc1CNc1ccc(Br)c(Cl)c1. The zero-order valence-electron chi connectivity index (χ0n) is 9.32. The number of aromatic nitrogens is 1. The van der Waals surface area contributed by atoms with Crippen LogP contribution in [0.5, 0.6) is 0 Å². The fourth-order valence-corrected chi connectivity index (χ4v) is 1.91. The molecule has 0 fully saturated rings. The van der Waals surface area contributed by atoms with Gasteiger partial charge in [-0.05, 0) is 40.2 Å². The van der Waals surface area contributed by atoms with E-state index >= 15 is 0 Å². The van der Waals surface area contributed by atoms with Gasteiger partial charge in [0, 0.05) is 28.5 Å². The zero-order chi connectivity index (χ0) is 13.0. The lowest BCUT2D eigenvalue weighted by Crippen LogP contribution is -2.02. The van der Waals surface area contributed by atoms with Crippen LogP contribution in [-0.4, -0.2) is 4.98 Å². The Morgan fingerprint density at radius 1 is 1.39 bits per heavy atom. The van der Waals surface area contributed by atoms with E-state index in [1.165, 1.54) is 0 Å². The smallest absolute Gasteiger partial charge is 0.145 e. The number of hydrogen-bond acceptors (Lipinski definition) is 3. The summed E-state index contributed by atoms with van der Waals surface area (Å²) in [4.78, 5) is 4.01. The minimum Gasteiger partial charge on any atom is -0.381 e. The van der Waals surface area contributed by atoms with E-state index in [2.05, 4.69) is 32.3 Å². The first-order valence-corrected chi connectivity index (χ1v) is 6.40. The average molecular weight is 323 g/mol. The molecule has 0 aliphatic carbocycles. The molecule has 1 aromatic heterocycles. The molecule has 90 valence electrons. The predicted molar refractivity (Wildman–Crippen MR) is 75.4 cm³/mol. The van der Waals surface area contributed by atoms with E-state index < -0.39 is 0 Å². The summed E-state index contributed by atoms with van der Waals surface area (Å²) in [5.41, 5.74) is 2.20. The molecule has 0 saturated carbocycles. The van der Waals surface area contributed by atoms with Gasteiger partial charge in [-0.25, -0.2) is 4.98 Å². The average Bonchev–Trinajstić information content (AvgIpc) is 2.40. The summed E-state index contributed by atoms with van der Waals surface area (Å²) >= 11 is 9.34. The molecule has 0 radical (unpaired) electrons. The largest absolute Gasteiger partial charge is 0.381 e. The monoisotopic (exact) mass is 321 g/mol. The van der Waals surface area contributed by atoms with Gasteiger partial charge in [0.15, 0.2) is 0 Å². The van der Waals surface area contributed by atoms with Crippen LogP contribution in [0.4, 0.5) is 5.69 Å². The van der Waals surface area contributed by atoms with Crippen molar-refractivity contribution in [2.24, 2.45) is 0 Å². The molecule has 1 heterocycles.